The van der Waals surface area contributed by atoms with E-state index in [0.29, 0.717) is 28.8 Å². The van der Waals surface area contributed by atoms with Crippen LogP contribution in [0.25, 0.3) is 66.6 Å². The van der Waals surface area contributed by atoms with Gasteiger partial charge in [-0.15, -0.1) is 0 Å². The molecule has 0 aliphatic rings. The summed E-state index contributed by atoms with van der Waals surface area (Å²) >= 11 is 0. The minimum absolute atomic E-state index is 0.505. The molecule has 5 heterocycles. The van der Waals surface area contributed by atoms with Crippen LogP contribution >= 0.6 is 0 Å². The van der Waals surface area contributed by atoms with Crippen molar-refractivity contribution < 1.29 is 9.47 Å². The number of pyridine rings is 2. The van der Waals surface area contributed by atoms with E-state index in [1.165, 1.54) is 23.8 Å². The first kappa shape index (κ1) is 33.2. The minimum atomic E-state index is 0.505. The predicted molar refractivity (Wildman–Crippen MR) is 221 cm³/mol. The summed E-state index contributed by atoms with van der Waals surface area (Å²) in [6.07, 6.45) is 8.57. The highest BCUT2D eigenvalue weighted by molar-refractivity contribution is 6.10. The monoisotopic (exact) mass is 729 g/mol. The molecule has 0 fully saturated rings. The quantitative estimate of drug-likeness (QED) is 0.146. The maximum atomic E-state index is 6.67. The molecule has 0 saturated carbocycles. The van der Waals surface area contributed by atoms with Crippen LogP contribution in [-0.4, -0.2) is 34.1 Å². The molecule has 0 aliphatic carbocycles. The standard InChI is InChI=1S/C47H35N7O2/c1-3-30-17-19-49-45(21-30)53-41-11-7-5-9-37(41)39-15-13-33(26-43(39)53)55-35-23-32(47-51-28-48-29-52-47)24-36(25-35)56-34-14-16-40-38-10-6-8-12-42(38)54(44(40)27-34)46-22-31(4-2)18-20-50-46/h5-29H,3-4H2,1-2H3. The van der Waals surface area contributed by atoms with Gasteiger partial charge < -0.3 is 9.47 Å². The molecule has 0 amide bonds. The highest BCUT2D eigenvalue weighted by Crippen LogP contribution is 2.39. The van der Waals surface area contributed by atoms with Crippen LogP contribution in [0, 0.1) is 0 Å². The summed E-state index contributed by atoms with van der Waals surface area (Å²) in [6, 6.07) is 43.3. The first-order valence-corrected chi connectivity index (χ1v) is 18.7. The van der Waals surface area contributed by atoms with Crippen molar-refractivity contribution in [1.29, 1.82) is 0 Å². The van der Waals surface area contributed by atoms with Crippen molar-refractivity contribution in [3.05, 3.63) is 164 Å². The highest BCUT2D eigenvalue weighted by Gasteiger charge is 2.17. The summed E-state index contributed by atoms with van der Waals surface area (Å²) in [5.41, 5.74) is 7.33. The fourth-order valence-corrected chi connectivity index (χ4v) is 7.61. The number of fused-ring (bicyclic) bond motifs is 6. The molecule has 10 rings (SSSR count). The molecule has 0 aliphatic heterocycles. The molecule has 0 saturated heterocycles. The third-order valence-corrected chi connectivity index (χ3v) is 10.3. The SMILES string of the molecule is CCc1ccnc(-n2c3ccccc3c3ccc(Oc4cc(Oc5ccc6c7ccccc7n(-c7cc(CC)ccn7)c6c5)cc(-c5ncncn5)c4)cc32)c1. The van der Waals surface area contributed by atoms with Crippen LogP contribution < -0.4 is 9.47 Å². The minimum Gasteiger partial charge on any atom is -0.457 e. The Morgan fingerprint density at radius 3 is 1.43 bits per heavy atom. The Labute approximate surface area is 322 Å². The first-order chi connectivity index (χ1) is 27.6. The summed E-state index contributed by atoms with van der Waals surface area (Å²) in [6.45, 7) is 4.31. The van der Waals surface area contributed by atoms with Gasteiger partial charge in [0, 0.05) is 57.7 Å². The van der Waals surface area contributed by atoms with E-state index >= 15 is 0 Å². The number of rotatable bonds is 9. The molecule has 10 aromatic rings. The van der Waals surface area contributed by atoms with Gasteiger partial charge >= 0.3 is 0 Å². The van der Waals surface area contributed by atoms with E-state index in [-0.39, 0.29) is 0 Å². The van der Waals surface area contributed by atoms with Crippen LogP contribution in [0.15, 0.2) is 152 Å². The highest BCUT2D eigenvalue weighted by atomic mass is 16.5. The summed E-state index contributed by atoms with van der Waals surface area (Å²) in [5, 5.41) is 4.53. The van der Waals surface area contributed by atoms with E-state index in [1.54, 1.807) is 0 Å². The van der Waals surface area contributed by atoms with E-state index in [4.69, 9.17) is 19.4 Å². The average Bonchev–Trinajstić information content (AvgIpc) is 3.76. The van der Waals surface area contributed by atoms with Crippen molar-refractivity contribution in [2.45, 2.75) is 26.7 Å². The molecule has 0 bridgehead atoms. The van der Waals surface area contributed by atoms with E-state index < -0.39 is 0 Å². The second-order valence-electron chi connectivity index (χ2n) is 13.7. The normalized spacial score (nSPS) is 11.5. The molecule has 5 aromatic carbocycles. The number of nitrogens with zero attached hydrogens (tertiary/aromatic N) is 7. The molecule has 56 heavy (non-hydrogen) atoms. The van der Waals surface area contributed by atoms with Gasteiger partial charge in [0.15, 0.2) is 5.82 Å². The molecule has 5 aromatic heterocycles. The molecule has 0 unspecified atom stereocenters. The van der Waals surface area contributed by atoms with Gasteiger partial charge in [-0.1, -0.05) is 50.2 Å². The molecule has 0 spiro atoms. The maximum Gasteiger partial charge on any atom is 0.162 e. The molecule has 9 nitrogen and oxygen atoms in total. The Bertz CT molecular complexity index is 2890. The number of para-hydroxylation sites is 2. The lowest BCUT2D eigenvalue weighted by molar-refractivity contribution is 0.461. The molecular weight excluding hydrogens is 695 g/mol. The molecule has 0 atom stereocenters. The third-order valence-electron chi connectivity index (χ3n) is 10.3. The Hall–Kier alpha value is -7.39. The van der Waals surface area contributed by atoms with Gasteiger partial charge in [-0.05, 0) is 96.8 Å². The second-order valence-corrected chi connectivity index (χ2v) is 13.7. The fraction of sp³-hybridized carbons (Fsp3) is 0.0851. The zero-order chi connectivity index (χ0) is 37.6. The van der Waals surface area contributed by atoms with Crippen LogP contribution in [0.3, 0.4) is 0 Å². The molecule has 0 radical (unpaired) electrons. The lowest BCUT2D eigenvalue weighted by Crippen LogP contribution is -1.98. The number of hydrogen-bond donors (Lipinski definition) is 0. The van der Waals surface area contributed by atoms with Gasteiger partial charge in [0.1, 0.15) is 47.3 Å². The Morgan fingerprint density at radius 1 is 0.446 bits per heavy atom. The first-order valence-electron chi connectivity index (χ1n) is 18.7. The van der Waals surface area contributed by atoms with E-state index in [2.05, 4.69) is 135 Å². The summed E-state index contributed by atoms with van der Waals surface area (Å²) in [7, 11) is 0. The van der Waals surface area contributed by atoms with Crippen LogP contribution in [-0.2, 0) is 12.8 Å². The summed E-state index contributed by atoms with van der Waals surface area (Å²) in [4.78, 5) is 22.5. The summed E-state index contributed by atoms with van der Waals surface area (Å²) in [5.74, 6) is 4.71. The molecule has 270 valence electrons. The second kappa shape index (κ2) is 13.8. The van der Waals surface area contributed by atoms with Crippen LogP contribution in [0.1, 0.15) is 25.0 Å². The van der Waals surface area contributed by atoms with Crippen LogP contribution in [0.5, 0.6) is 23.0 Å². The zero-order valence-electron chi connectivity index (χ0n) is 30.8. The van der Waals surface area contributed by atoms with Crippen molar-refractivity contribution in [2.75, 3.05) is 0 Å². The van der Waals surface area contributed by atoms with E-state index in [0.717, 1.165) is 73.7 Å². The van der Waals surface area contributed by atoms with Gasteiger partial charge in [0.2, 0.25) is 0 Å². The number of ether oxygens (including phenoxy) is 2. The van der Waals surface area contributed by atoms with Crippen molar-refractivity contribution in [1.82, 2.24) is 34.1 Å². The van der Waals surface area contributed by atoms with Crippen molar-refractivity contribution >= 4 is 43.6 Å². The molecule has 0 N–H and O–H groups in total. The largest absolute Gasteiger partial charge is 0.457 e. The predicted octanol–water partition coefficient (Wildman–Crippen LogP) is 11.2. The van der Waals surface area contributed by atoms with Crippen LogP contribution in [0.4, 0.5) is 0 Å². The van der Waals surface area contributed by atoms with Crippen molar-refractivity contribution in [3.8, 4) is 46.0 Å². The van der Waals surface area contributed by atoms with Gasteiger partial charge in [0.05, 0.1) is 22.1 Å². The Kier molecular flexibility index (Phi) is 8.17. The zero-order valence-corrected chi connectivity index (χ0v) is 30.8. The number of aromatic nitrogens is 7. The molecular formula is C47H35N7O2. The van der Waals surface area contributed by atoms with E-state index in [1.807, 2.05) is 42.7 Å². The molecule has 9 heteroatoms. The number of benzene rings is 5. The topological polar surface area (TPSA) is 92.8 Å². The van der Waals surface area contributed by atoms with E-state index in [9.17, 15) is 0 Å². The fourth-order valence-electron chi connectivity index (χ4n) is 7.61. The number of aryl methyl sites for hydroxylation is 2. The lowest BCUT2D eigenvalue weighted by Gasteiger charge is -2.13. The van der Waals surface area contributed by atoms with Gasteiger partial charge in [-0.25, -0.2) is 24.9 Å². The Morgan fingerprint density at radius 2 is 0.929 bits per heavy atom. The smallest absolute Gasteiger partial charge is 0.162 e. The van der Waals surface area contributed by atoms with Gasteiger partial charge in [-0.3, -0.25) is 9.13 Å². The lowest BCUT2D eigenvalue weighted by atomic mass is 10.1. The van der Waals surface area contributed by atoms with Crippen LogP contribution in [0.2, 0.25) is 0 Å². The number of hydrogen-bond acceptors (Lipinski definition) is 7. The van der Waals surface area contributed by atoms with Gasteiger partial charge in [0.25, 0.3) is 0 Å². The Balaban J connectivity index is 1.07. The third kappa shape index (κ3) is 5.86. The van der Waals surface area contributed by atoms with Gasteiger partial charge in [-0.2, -0.15) is 0 Å². The summed E-state index contributed by atoms with van der Waals surface area (Å²) < 4.78 is 17.7. The van der Waals surface area contributed by atoms with Crippen molar-refractivity contribution in [3.63, 3.8) is 0 Å². The maximum absolute atomic E-state index is 6.67. The van der Waals surface area contributed by atoms with Crippen molar-refractivity contribution in [2.24, 2.45) is 0 Å². The average molecular weight is 730 g/mol.